The molecule has 2 heteroatoms. The molecule has 1 aromatic rings. The average molecular weight is 244 g/mol. The number of rotatable bonds is 0. The number of benzene rings is 1. The fourth-order valence-electron chi connectivity index (χ4n) is 2.89. The van der Waals surface area contributed by atoms with Gasteiger partial charge >= 0.3 is 0 Å². The van der Waals surface area contributed by atoms with Crippen molar-refractivity contribution in [1.82, 2.24) is 0 Å². The quantitative estimate of drug-likeness (QED) is 0.694. The van der Waals surface area contributed by atoms with Crippen molar-refractivity contribution in [3.8, 4) is 0 Å². The van der Waals surface area contributed by atoms with Crippen LogP contribution in [0.1, 0.15) is 38.0 Å². The van der Waals surface area contributed by atoms with E-state index in [1.54, 1.807) is 0 Å². The van der Waals surface area contributed by atoms with E-state index in [0.717, 1.165) is 0 Å². The third-order valence-corrected chi connectivity index (χ3v) is 3.65. The van der Waals surface area contributed by atoms with Crippen LogP contribution in [0.4, 0.5) is 0 Å². The van der Waals surface area contributed by atoms with Crippen LogP contribution in [0.2, 0.25) is 0 Å². The number of ether oxygens (including phenoxy) is 2. The van der Waals surface area contributed by atoms with Gasteiger partial charge in [0.25, 0.3) is 0 Å². The lowest BCUT2D eigenvalue weighted by Gasteiger charge is -2.31. The van der Waals surface area contributed by atoms with E-state index < -0.39 is 0 Å². The molecular weight excluding hydrogens is 224 g/mol. The van der Waals surface area contributed by atoms with Crippen molar-refractivity contribution in [2.24, 2.45) is 5.41 Å². The number of hydrogen-bond acceptors (Lipinski definition) is 2. The van der Waals surface area contributed by atoms with Gasteiger partial charge in [-0.1, -0.05) is 45.0 Å². The predicted molar refractivity (Wildman–Crippen MR) is 72.3 cm³/mol. The molecule has 1 aliphatic heterocycles. The first-order valence-corrected chi connectivity index (χ1v) is 6.61. The van der Waals surface area contributed by atoms with Gasteiger partial charge in [-0.15, -0.1) is 0 Å². The molecule has 0 aromatic heterocycles. The summed E-state index contributed by atoms with van der Waals surface area (Å²) >= 11 is 0. The zero-order valence-electron chi connectivity index (χ0n) is 11.3. The summed E-state index contributed by atoms with van der Waals surface area (Å²) in [7, 11) is 0. The van der Waals surface area contributed by atoms with E-state index in [4.69, 9.17) is 9.47 Å². The molecule has 1 saturated heterocycles. The summed E-state index contributed by atoms with van der Waals surface area (Å²) < 4.78 is 12.0. The molecule has 0 amide bonds. The lowest BCUT2D eigenvalue weighted by Crippen LogP contribution is -2.31. The molecule has 0 N–H and O–H groups in total. The Bertz CT molecular complexity index is 482. The Hall–Kier alpha value is -1.12. The van der Waals surface area contributed by atoms with Gasteiger partial charge in [-0.2, -0.15) is 0 Å². The molecule has 2 atom stereocenters. The maximum Gasteiger partial charge on any atom is 0.107 e. The molecule has 3 rings (SSSR count). The van der Waals surface area contributed by atoms with Crippen molar-refractivity contribution >= 4 is 6.08 Å². The van der Waals surface area contributed by atoms with Crippen LogP contribution in [0.25, 0.3) is 6.08 Å². The molecular formula is C16H20O2. The van der Waals surface area contributed by atoms with Gasteiger partial charge in [0.1, 0.15) is 6.10 Å². The lowest BCUT2D eigenvalue weighted by molar-refractivity contribution is 0.00574. The predicted octanol–water partition coefficient (Wildman–Crippen LogP) is 3.59. The Morgan fingerprint density at radius 2 is 1.78 bits per heavy atom. The third kappa shape index (κ3) is 1.90. The topological polar surface area (TPSA) is 18.5 Å². The van der Waals surface area contributed by atoms with Crippen molar-refractivity contribution in [1.29, 1.82) is 0 Å². The molecule has 2 nitrogen and oxygen atoms in total. The maximum absolute atomic E-state index is 6.02. The zero-order chi connectivity index (χ0) is 12.8. The van der Waals surface area contributed by atoms with Crippen LogP contribution in [-0.2, 0) is 9.47 Å². The van der Waals surface area contributed by atoms with Crippen LogP contribution < -0.4 is 0 Å². The monoisotopic (exact) mass is 244 g/mol. The Kier molecular flexibility index (Phi) is 2.80. The van der Waals surface area contributed by atoms with E-state index >= 15 is 0 Å². The molecule has 0 bridgehead atoms. The van der Waals surface area contributed by atoms with Gasteiger partial charge in [-0.05, 0) is 28.2 Å². The Morgan fingerprint density at radius 1 is 1.06 bits per heavy atom. The van der Waals surface area contributed by atoms with E-state index in [1.165, 1.54) is 16.7 Å². The first-order valence-electron chi connectivity index (χ1n) is 6.61. The van der Waals surface area contributed by atoms with Gasteiger partial charge in [0.15, 0.2) is 0 Å². The second-order valence-corrected chi connectivity index (χ2v) is 6.14. The molecule has 1 aliphatic carbocycles. The van der Waals surface area contributed by atoms with Gasteiger partial charge in [0.05, 0.1) is 19.3 Å². The van der Waals surface area contributed by atoms with E-state index in [0.29, 0.717) is 13.2 Å². The zero-order valence-corrected chi connectivity index (χ0v) is 11.3. The molecule has 0 spiro atoms. The van der Waals surface area contributed by atoms with Crippen LogP contribution in [0.5, 0.6) is 0 Å². The van der Waals surface area contributed by atoms with Crippen LogP contribution in [0.3, 0.4) is 0 Å². The second-order valence-electron chi connectivity index (χ2n) is 6.14. The summed E-state index contributed by atoms with van der Waals surface area (Å²) in [5.74, 6) is 0. The normalized spacial score (nSPS) is 27.2. The summed E-state index contributed by atoms with van der Waals surface area (Å²) in [6, 6.07) is 8.47. The average Bonchev–Trinajstić information content (AvgIpc) is 2.52. The lowest BCUT2D eigenvalue weighted by atomic mass is 9.83. The summed E-state index contributed by atoms with van der Waals surface area (Å²) in [6.07, 6.45) is 2.48. The standard InChI is InChI=1S/C16H20O2/c1-16(2,3)15-13-10-11-6-4-5-7-12(11)14(13)17-8-9-18-15/h4-7,10,14-15H,8-9H2,1-3H3/t14-,15+/m1/s1. The highest BCUT2D eigenvalue weighted by Gasteiger charge is 2.39. The Balaban J connectivity index is 2.04. The summed E-state index contributed by atoms with van der Waals surface area (Å²) in [5, 5.41) is 0. The van der Waals surface area contributed by atoms with Crippen molar-refractivity contribution in [3.05, 3.63) is 41.0 Å². The summed E-state index contributed by atoms with van der Waals surface area (Å²) in [6.45, 7) is 8.03. The molecule has 96 valence electrons. The molecule has 2 aliphatic rings. The summed E-state index contributed by atoms with van der Waals surface area (Å²) in [5.41, 5.74) is 3.94. The Labute approximate surface area is 109 Å². The third-order valence-electron chi connectivity index (χ3n) is 3.65. The van der Waals surface area contributed by atoms with Crippen molar-refractivity contribution < 1.29 is 9.47 Å². The Morgan fingerprint density at radius 3 is 2.56 bits per heavy atom. The minimum absolute atomic E-state index is 0.0907. The van der Waals surface area contributed by atoms with Gasteiger partial charge in [0, 0.05) is 0 Å². The second kappa shape index (κ2) is 4.22. The minimum atomic E-state index is 0.0907. The minimum Gasteiger partial charge on any atom is -0.371 e. The van der Waals surface area contributed by atoms with Gasteiger partial charge in [-0.3, -0.25) is 0 Å². The van der Waals surface area contributed by atoms with Crippen LogP contribution in [0.15, 0.2) is 29.8 Å². The van der Waals surface area contributed by atoms with E-state index in [-0.39, 0.29) is 17.6 Å². The van der Waals surface area contributed by atoms with Gasteiger partial charge in [-0.25, -0.2) is 0 Å². The van der Waals surface area contributed by atoms with Crippen LogP contribution in [0, 0.1) is 5.41 Å². The molecule has 1 aromatic carbocycles. The largest absolute Gasteiger partial charge is 0.371 e. The summed E-state index contributed by atoms with van der Waals surface area (Å²) in [4.78, 5) is 0. The van der Waals surface area contributed by atoms with Crippen LogP contribution >= 0.6 is 0 Å². The fourth-order valence-corrected chi connectivity index (χ4v) is 2.89. The first kappa shape index (κ1) is 11.9. The maximum atomic E-state index is 6.02. The molecule has 1 fully saturated rings. The SMILES string of the molecule is CC(C)(C)[C@H]1OCCO[C@H]2C1=Cc1ccccc12. The van der Waals surface area contributed by atoms with E-state index in [2.05, 4.69) is 51.1 Å². The molecule has 1 heterocycles. The molecule has 18 heavy (non-hydrogen) atoms. The van der Waals surface area contributed by atoms with E-state index in [1.807, 2.05) is 0 Å². The highest BCUT2D eigenvalue weighted by atomic mass is 16.5. The highest BCUT2D eigenvalue weighted by molar-refractivity contribution is 5.66. The van der Waals surface area contributed by atoms with Crippen molar-refractivity contribution in [3.63, 3.8) is 0 Å². The number of fused-ring (bicyclic) bond motifs is 3. The van der Waals surface area contributed by atoms with Crippen molar-refractivity contribution in [2.45, 2.75) is 33.0 Å². The van der Waals surface area contributed by atoms with Crippen LogP contribution in [-0.4, -0.2) is 19.3 Å². The first-order chi connectivity index (χ1) is 8.57. The number of hydrogen-bond donors (Lipinski definition) is 0. The molecule has 0 unspecified atom stereocenters. The highest BCUT2D eigenvalue weighted by Crippen LogP contribution is 2.44. The van der Waals surface area contributed by atoms with E-state index in [9.17, 15) is 0 Å². The van der Waals surface area contributed by atoms with Gasteiger partial charge in [0.2, 0.25) is 0 Å². The fraction of sp³-hybridized carbons (Fsp3) is 0.500. The smallest absolute Gasteiger partial charge is 0.107 e. The van der Waals surface area contributed by atoms with Gasteiger partial charge < -0.3 is 9.47 Å². The molecule has 0 saturated carbocycles. The van der Waals surface area contributed by atoms with Crippen molar-refractivity contribution in [2.75, 3.05) is 13.2 Å². The molecule has 0 radical (unpaired) electrons.